The smallest absolute Gasteiger partial charge is 0.220 e. The first-order valence-corrected chi connectivity index (χ1v) is 9.50. The van der Waals surface area contributed by atoms with Crippen molar-refractivity contribution in [1.82, 2.24) is 5.32 Å². The van der Waals surface area contributed by atoms with Crippen molar-refractivity contribution in [3.63, 3.8) is 0 Å². The minimum Gasteiger partial charge on any atom is -0.493 e. The Morgan fingerprint density at radius 2 is 1.83 bits per heavy atom. The molecule has 1 atom stereocenters. The number of amides is 1. The van der Waals surface area contributed by atoms with E-state index in [4.69, 9.17) is 18.9 Å². The monoisotopic (exact) mass is 411 g/mol. The Labute approximate surface area is 175 Å². The Balaban J connectivity index is 2.43. The van der Waals surface area contributed by atoms with Gasteiger partial charge >= 0.3 is 0 Å². The summed E-state index contributed by atoms with van der Waals surface area (Å²) in [6.07, 6.45) is 2.53. The zero-order valence-electron chi connectivity index (χ0n) is 17.5. The van der Waals surface area contributed by atoms with E-state index in [1.807, 2.05) is 6.07 Å². The van der Waals surface area contributed by atoms with E-state index < -0.39 is 0 Å². The zero-order valence-corrected chi connectivity index (χ0v) is 17.5. The van der Waals surface area contributed by atoms with Gasteiger partial charge in [-0.2, -0.15) is 0 Å². The molecule has 3 rings (SSSR count). The third kappa shape index (κ3) is 3.83. The Morgan fingerprint density at radius 3 is 2.43 bits per heavy atom. The summed E-state index contributed by atoms with van der Waals surface area (Å²) in [7, 11) is 4.53. The van der Waals surface area contributed by atoms with E-state index in [9.17, 15) is 9.59 Å². The van der Waals surface area contributed by atoms with E-state index in [-0.39, 0.29) is 23.1 Å². The molecule has 0 saturated carbocycles. The molecular weight excluding hydrogens is 386 g/mol. The van der Waals surface area contributed by atoms with Crippen LogP contribution in [0.2, 0.25) is 0 Å². The first kappa shape index (κ1) is 21.2. The van der Waals surface area contributed by atoms with Gasteiger partial charge in [-0.25, -0.2) is 0 Å². The molecular formula is C23H25NO6. The topological polar surface area (TPSA) is 83.1 Å². The molecule has 1 aliphatic carbocycles. The minimum atomic E-state index is -0.358. The van der Waals surface area contributed by atoms with Crippen LogP contribution in [0.3, 0.4) is 0 Å². The highest BCUT2D eigenvalue weighted by atomic mass is 16.5. The van der Waals surface area contributed by atoms with E-state index >= 15 is 0 Å². The van der Waals surface area contributed by atoms with E-state index in [0.717, 1.165) is 16.7 Å². The molecule has 1 amide bonds. The number of nitrogens with one attached hydrogen (secondary N) is 1. The highest BCUT2D eigenvalue weighted by molar-refractivity contribution is 5.83. The van der Waals surface area contributed by atoms with E-state index in [0.29, 0.717) is 35.7 Å². The first-order chi connectivity index (χ1) is 14.4. The number of aryl methyl sites for hydroxylation is 1. The van der Waals surface area contributed by atoms with Crippen LogP contribution < -0.4 is 29.7 Å². The van der Waals surface area contributed by atoms with Crippen molar-refractivity contribution in [1.29, 1.82) is 0 Å². The maximum atomic E-state index is 12.7. The number of hydrogen-bond acceptors (Lipinski definition) is 6. The second kappa shape index (κ2) is 8.90. The molecule has 1 N–H and O–H groups in total. The van der Waals surface area contributed by atoms with Crippen molar-refractivity contribution in [2.24, 2.45) is 0 Å². The van der Waals surface area contributed by atoms with E-state index in [2.05, 4.69) is 11.9 Å². The number of methoxy groups -OCH3 is 3. The summed E-state index contributed by atoms with van der Waals surface area (Å²) < 4.78 is 22.1. The summed E-state index contributed by atoms with van der Waals surface area (Å²) in [5, 5.41) is 2.96. The van der Waals surface area contributed by atoms with Gasteiger partial charge < -0.3 is 24.3 Å². The molecule has 7 nitrogen and oxygen atoms in total. The average molecular weight is 411 g/mol. The first-order valence-electron chi connectivity index (χ1n) is 9.50. The van der Waals surface area contributed by atoms with Crippen molar-refractivity contribution < 1.29 is 23.7 Å². The molecule has 30 heavy (non-hydrogen) atoms. The number of rotatable bonds is 6. The van der Waals surface area contributed by atoms with Gasteiger partial charge in [-0.3, -0.25) is 9.59 Å². The maximum Gasteiger partial charge on any atom is 0.220 e. The molecule has 0 radical (unpaired) electrons. The predicted molar refractivity (Wildman–Crippen MR) is 114 cm³/mol. The lowest BCUT2D eigenvalue weighted by Gasteiger charge is -2.19. The fraction of sp³-hybridized carbons (Fsp3) is 0.304. The molecule has 0 aromatic heterocycles. The Kier molecular flexibility index (Phi) is 6.30. The van der Waals surface area contributed by atoms with Gasteiger partial charge in [0.25, 0.3) is 0 Å². The molecule has 2 aromatic carbocycles. The number of carbonyl (C=O) groups excluding carboxylic acids is 1. The van der Waals surface area contributed by atoms with Crippen LogP contribution in [0.5, 0.6) is 23.0 Å². The standard InChI is InChI=1S/C23H25NO6/c1-6-30-23-21-14(11-20(28-4)22(23)29-5)7-9-17(24-13(2)25)16-12-18(26)19(27-3)10-8-15(16)21/h6,8,10-12,17H,1,7,9H2,2-5H3,(H,24,25)/t17-/m0/s1. The van der Waals surface area contributed by atoms with Gasteiger partial charge in [-0.05, 0) is 47.7 Å². The average Bonchev–Trinajstić information content (AvgIpc) is 2.96. The van der Waals surface area contributed by atoms with Crippen LogP contribution in [0, 0.1) is 0 Å². The van der Waals surface area contributed by atoms with E-state index in [1.54, 1.807) is 19.2 Å². The minimum absolute atomic E-state index is 0.180. The quantitative estimate of drug-likeness (QED) is 0.734. The number of fused-ring (bicyclic) bond motifs is 3. The molecule has 0 fully saturated rings. The van der Waals surface area contributed by atoms with Crippen LogP contribution in [0.15, 0.2) is 41.9 Å². The summed E-state index contributed by atoms with van der Waals surface area (Å²) >= 11 is 0. The molecule has 2 aromatic rings. The molecule has 0 unspecified atom stereocenters. The Morgan fingerprint density at radius 1 is 1.10 bits per heavy atom. The molecule has 0 saturated heterocycles. The van der Waals surface area contributed by atoms with Crippen LogP contribution >= 0.6 is 0 Å². The van der Waals surface area contributed by atoms with Crippen molar-refractivity contribution in [3.8, 4) is 34.1 Å². The van der Waals surface area contributed by atoms with Gasteiger partial charge in [0.15, 0.2) is 17.2 Å². The molecule has 0 bridgehead atoms. The summed E-state index contributed by atoms with van der Waals surface area (Å²) in [5.41, 5.74) is 2.84. The lowest BCUT2D eigenvalue weighted by atomic mass is 9.95. The third-order valence-corrected chi connectivity index (χ3v) is 5.10. The Hall–Kier alpha value is -3.48. The van der Waals surface area contributed by atoms with Crippen LogP contribution in [0.25, 0.3) is 11.1 Å². The van der Waals surface area contributed by atoms with Crippen LogP contribution in [-0.4, -0.2) is 27.2 Å². The Bertz CT molecular complexity index is 1050. The maximum absolute atomic E-state index is 12.7. The molecule has 7 heteroatoms. The van der Waals surface area contributed by atoms with Crippen molar-refractivity contribution >= 4 is 5.91 Å². The number of benzene rings is 1. The van der Waals surface area contributed by atoms with E-state index in [1.165, 1.54) is 33.5 Å². The molecule has 0 heterocycles. The second-order valence-electron chi connectivity index (χ2n) is 6.83. The fourth-order valence-corrected chi connectivity index (χ4v) is 3.86. The lowest BCUT2D eigenvalue weighted by Crippen LogP contribution is -2.26. The van der Waals surface area contributed by atoms with Crippen LogP contribution in [-0.2, 0) is 11.2 Å². The van der Waals surface area contributed by atoms with Crippen LogP contribution in [0.4, 0.5) is 0 Å². The van der Waals surface area contributed by atoms with Crippen LogP contribution in [0.1, 0.15) is 30.5 Å². The molecule has 0 spiro atoms. The molecule has 0 aliphatic heterocycles. The number of carbonyl (C=O) groups is 1. The van der Waals surface area contributed by atoms with Gasteiger partial charge in [-0.1, -0.05) is 12.6 Å². The summed E-state index contributed by atoms with van der Waals surface area (Å²) in [5.74, 6) is 1.40. The van der Waals surface area contributed by atoms with Gasteiger partial charge in [0, 0.05) is 12.5 Å². The van der Waals surface area contributed by atoms with Gasteiger partial charge in [0.1, 0.15) is 0 Å². The summed E-state index contributed by atoms with van der Waals surface area (Å²) in [4.78, 5) is 24.6. The third-order valence-electron chi connectivity index (χ3n) is 5.10. The fourth-order valence-electron chi connectivity index (χ4n) is 3.86. The van der Waals surface area contributed by atoms with Crippen molar-refractivity contribution in [3.05, 3.63) is 58.5 Å². The summed E-state index contributed by atoms with van der Waals surface area (Å²) in [6, 6.07) is 6.47. The normalized spacial score (nSPS) is 14.5. The van der Waals surface area contributed by atoms with Gasteiger partial charge in [0.2, 0.25) is 17.1 Å². The number of ether oxygens (including phenoxy) is 4. The highest BCUT2D eigenvalue weighted by Gasteiger charge is 2.29. The summed E-state index contributed by atoms with van der Waals surface area (Å²) in [6.45, 7) is 5.13. The predicted octanol–water partition coefficient (Wildman–Crippen LogP) is 3.39. The largest absolute Gasteiger partial charge is 0.493 e. The SMILES string of the molecule is C=COc1c(OC)c(OC)cc2c1-c1ccc(OC)c(=O)cc1[C@@H](NC(C)=O)CC2. The van der Waals surface area contributed by atoms with Gasteiger partial charge in [-0.15, -0.1) is 0 Å². The van der Waals surface area contributed by atoms with Crippen molar-refractivity contribution in [2.45, 2.75) is 25.8 Å². The van der Waals surface area contributed by atoms with Gasteiger partial charge in [0.05, 0.1) is 33.6 Å². The lowest BCUT2D eigenvalue weighted by molar-refractivity contribution is -0.119. The van der Waals surface area contributed by atoms with Crippen molar-refractivity contribution in [2.75, 3.05) is 21.3 Å². The number of hydrogen-bond donors (Lipinski definition) is 1. The second-order valence-corrected chi connectivity index (χ2v) is 6.83. The zero-order chi connectivity index (χ0) is 21.8. The highest BCUT2D eigenvalue weighted by Crippen LogP contribution is 2.50. The molecule has 158 valence electrons. The molecule has 1 aliphatic rings.